The van der Waals surface area contributed by atoms with Crippen molar-refractivity contribution in [2.24, 2.45) is 0 Å². The average Bonchev–Trinajstić information content (AvgIpc) is 2.77. The molecule has 0 saturated carbocycles. The molecule has 33 heavy (non-hydrogen) atoms. The number of hydrogen-bond donors (Lipinski definition) is 2. The number of anilines is 4. The van der Waals surface area contributed by atoms with Crippen LogP contribution in [0.1, 0.15) is 57.1 Å². The molecule has 1 heterocycles. The van der Waals surface area contributed by atoms with Gasteiger partial charge in [0.15, 0.2) is 0 Å². The number of benzene rings is 2. The molecule has 3 aromatic rings. The summed E-state index contributed by atoms with van der Waals surface area (Å²) in [4.78, 5) is 7.96. The summed E-state index contributed by atoms with van der Waals surface area (Å²) in [6, 6.07) is 14.4. The molecular weight excluding hydrogens is 429 g/mol. The first-order valence-corrected chi connectivity index (χ1v) is 11.1. The fourth-order valence-corrected chi connectivity index (χ4v) is 3.14. The van der Waals surface area contributed by atoms with Crippen LogP contribution in [0.15, 0.2) is 54.7 Å². The molecule has 3 rings (SSSR count). The summed E-state index contributed by atoms with van der Waals surface area (Å²) in [6.45, 7) is 6.90. The lowest BCUT2D eigenvalue weighted by Crippen LogP contribution is -2.12. The zero-order valence-corrected chi connectivity index (χ0v) is 19.0. The molecule has 0 aliphatic heterocycles. The Morgan fingerprint density at radius 3 is 2.15 bits per heavy atom. The Balaban J connectivity index is 1.76. The van der Waals surface area contributed by atoms with E-state index in [2.05, 4.69) is 41.4 Å². The molecule has 1 aromatic heterocycles. The molecule has 0 saturated heterocycles. The van der Waals surface area contributed by atoms with Crippen molar-refractivity contribution in [1.29, 1.82) is 0 Å². The minimum atomic E-state index is -4.60. The Bertz CT molecular complexity index is 1020. The molecular formula is C25H29F3N4O. The summed E-state index contributed by atoms with van der Waals surface area (Å²) in [5.41, 5.74) is 1.37. The van der Waals surface area contributed by atoms with Crippen LogP contribution in [0.4, 0.5) is 36.3 Å². The third-order valence-corrected chi connectivity index (χ3v) is 5.06. The Morgan fingerprint density at radius 1 is 0.909 bits per heavy atom. The highest BCUT2D eigenvalue weighted by atomic mass is 19.4. The molecule has 0 fully saturated rings. The Labute approximate surface area is 192 Å². The topological polar surface area (TPSA) is 59.1 Å². The van der Waals surface area contributed by atoms with Gasteiger partial charge in [0.05, 0.1) is 6.61 Å². The van der Waals surface area contributed by atoms with Gasteiger partial charge in [-0.05, 0) is 54.3 Å². The smallest absolute Gasteiger partial charge is 0.421 e. The fourth-order valence-electron chi connectivity index (χ4n) is 3.14. The summed E-state index contributed by atoms with van der Waals surface area (Å²) >= 11 is 0. The number of nitrogens with zero attached hydrogens (tertiary/aromatic N) is 2. The van der Waals surface area contributed by atoms with E-state index in [1.54, 1.807) is 24.3 Å². The largest absolute Gasteiger partial charge is 0.494 e. The van der Waals surface area contributed by atoms with Crippen molar-refractivity contribution >= 4 is 23.1 Å². The van der Waals surface area contributed by atoms with Gasteiger partial charge in [-0.15, -0.1) is 0 Å². The van der Waals surface area contributed by atoms with E-state index in [1.807, 2.05) is 24.3 Å². The SMILES string of the molecule is CCCCCOc1ccc(Nc2nc(Nc3ccc(C(C)C)cc3)ncc2C(F)(F)F)cc1. The van der Waals surface area contributed by atoms with E-state index in [0.29, 0.717) is 29.6 Å². The molecule has 0 bridgehead atoms. The van der Waals surface area contributed by atoms with Gasteiger partial charge >= 0.3 is 6.18 Å². The van der Waals surface area contributed by atoms with Crippen molar-refractivity contribution in [3.8, 4) is 5.75 Å². The van der Waals surface area contributed by atoms with Gasteiger partial charge in [0.1, 0.15) is 17.1 Å². The number of ether oxygens (including phenoxy) is 1. The van der Waals surface area contributed by atoms with Crippen molar-refractivity contribution < 1.29 is 17.9 Å². The molecule has 0 spiro atoms. The van der Waals surface area contributed by atoms with Gasteiger partial charge in [-0.1, -0.05) is 45.7 Å². The second kappa shape index (κ2) is 11.0. The predicted octanol–water partition coefficient (Wildman–Crippen LogP) is 7.68. The van der Waals surface area contributed by atoms with Crippen molar-refractivity contribution in [2.75, 3.05) is 17.2 Å². The van der Waals surface area contributed by atoms with Gasteiger partial charge in [0.25, 0.3) is 0 Å². The van der Waals surface area contributed by atoms with Crippen LogP contribution in [0.5, 0.6) is 5.75 Å². The first-order chi connectivity index (χ1) is 15.8. The second-order valence-corrected chi connectivity index (χ2v) is 8.06. The van der Waals surface area contributed by atoms with Crippen molar-refractivity contribution in [2.45, 2.75) is 52.1 Å². The van der Waals surface area contributed by atoms with Crippen molar-refractivity contribution in [1.82, 2.24) is 9.97 Å². The fraction of sp³-hybridized carbons (Fsp3) is 0.360. The summed E-state index contributed by atoms with van der Waals surface area (Å²) in [5.74, 6) is 0.793. The van der Waals surface area contributed by atoms with Gasteiger partial charge in [-0.2, -0.15) is 18.2 Å². The van der Waals surface area contributed by atoms with Crippen LogP contribution < -0.4 is 15.4 Å². The number of nitrogens with one attached hydrogen (secondary N) is 2. The highest BCUT2D eigenvalue weighted by molar-refractivity contribution is 5.63. The van der Waals surface area contributed by atoms with E-state index in [-0.39, 0.29) is 11.8 Å². The highest BCUT2D eigenvalue weighted by Gasteiger charge is 2.35. The van der Waals surface area contributed by atoms with Crippen LogP contribution in [0.3, 0.4) is 0 Å². The molecule has 5 nitrogen and oxygen atoms in total. The first kappa shape index (κ1) is 24.4. The van der Waals surface area contributed by atoms with Gasteiger partial charge < -0.3 is 15.4 Å². The third-order valence-electron chi connectivity index (χ3n) is 5.06. The van der Waals surface area contributed by atoms with E-state index in [9.17, 15) is 13.2 Å². The number of unbranched alkanes of at least 4 members (excludes halogenated alkanes) is 2. The van der Waals surface area contributed by atoms with Crippen LogP contribution in [-0.4, -0.2) is 16.6 Å². The second-order valence-electron chi connectivity index (χ2n) is 8.06. The van der Waals surface area contributed by atoms with Crippen LogP contribution in [-0.2, 0) is 6.18 Å². The van der Waals surface area contributed by atoms with Gasteiger partial charge in [0, 0.05) is 17.6 Å². The molecule has 8 heteroatoms. The van der Waals surface area contributed by atoms with Crippen molar-refractivity contribution in [3.63, 3.8) is 0 Å². The maximum atomic E-state index is 13.5. The van der Waals surface area contributed by atoms with Gasteiger partial charge in [0.2, 0.25) is 5.95 Å². The van der Waals surface area contributed by atoms with E-state index in [0.717, 1.165) is 31.0 Å². The lowest BCUT2D eigenvalue weighted by molar-refractivity contribution is -0.137. The van der Waals surface area contributed by atoms with Crippen LogP contribution >= 0.6 is 0 Å². The van der Waals surface area contributed by atoms with E-state index < -0.39 is 11.7 Å². The lowest BCUT2D eigenvalue weighted by atomic mass is 10.0. The molecule has 2 aromatic carbocycles. The molecule has 2 N–H and O–H groups in total. The first-order valence-electron chi connectivity index (χ1n) is 11.1. The molecule has 0 atom stereocenters. The minimum absolute atomic E-state index is 0.0682. The molecule has 176 valence electrons. The molecule has 0 amide bonds. The summed E-state index contributed by atoms with van der Waals surface area (Å²) in [5, 5.41) is 5.73. The number of halogens is 3. The van der Waals surface area contributed by atoms with Crippen LogP contribution in [0.25, 0.3) is 0 Å². The summed E-state index contributed by atoms with van der Waals surface area (Å²) in [6.07, 6.45) is -0.658. The van der Waals surface area contributed by atoms with E-state index >= 15 is 0 Å². The maximum absolute atomic E-state index is 13.5. The normalized spacial score (nSPS) is 11.5. The molecule has 0 radical (unpaired) electrons. The Morgan fingerprint density at radius 2 is 1.55 bits per heavy atom. The highest BCUT2D eigenvalue weighted by Crippen LogP contribution is 2.35. The van der Waals surface area contributed by atoms with E-state index in [4.69, 9.17) is 4.74 Å². The minimum Gasteiger partial charge on any atom is -0.494 e. The third kappa shape index (κ3) is 7.10. The number of aromatic nitrogens is 2. The van der Waals surface area contributed by atoms with Crippen molar-refractivity contribution in [3.05, 3.63) is 65.9 Å². The molecule has 0 unspecified atom stereocenters. The standard InChI is InChI=1S/C25H29F3N4O/c1-4-5-6-15-33-21-13-11-19(12-14-21)30-23-22(25(26,27)28)16-29-24(32-23)31-20-9-7-18(8-10-20)17(2)3/h7-14,16-17H,4-6,15H2,1-3H3,(H2,29,30,31,32). The zero-order chi connectivity index (χ0) is 23.8. The average molecular weight is 459 g/mol. The predicted molar refractivity (Wildman–Crippen MR) is 126 cm³/mol. The zero-order valence-electron chi connectivity index (χ0n) is 19.0. The quantitative estimate of drug-likeness (QED) is 0.305. The van der Waals surface area contributed by atoms with Crippen LogP contribution in [0.2, 0.25) is 0 Å². The summed E-state index contributed by atoms with van der Waals surface area (Å²) < 4.78 is 46.3. The lowest BCUT2D eigenvalue weighted by Gasteiger charge is -2.15. The van der Waals surface area contributed by atoms with Gasteiger partial charge in [-0.25, -0.2) is 4.98 Å². The van der Waals surface area contributed by atoms with Crippen LogP contribution in [0, 0.1) is 0 Å². The molecule has 0 aliphatic carbocycles. The van der Waals surface area contributed by atoms with E-state index in [1.165, 1.54) is 0 Å². The number of hydrogen-bond acceptors (Lipinski definition) is 5. The Hall–Kier alpha value is -3.29. The molecule has 0 aliphatic rings. The maximum Gasteiger partial charge on any atom is 0.421 e. The summed E-state index contributed by atoms with van der Waals surface area (Å²) in [7, 11) is 0. The monoisotopic (exact) mass is 458 g/mol. The number of alkyl halides is 3. The van der Waals surface area contributed by atoms with Gasteiger partial charge in [-0.3, -0.25) is 0 Å². The number of rotatable bonds is 10. The Kier molecular flexibility index (Phi) is 8.14.